The molecule has 3 N–H and O–H groups in total. The van der Waals surface area contributed by atoms with Gasteiger partial charge < -0.3 is 11.1 Å². The Labute approximate surface area is 153 Å². The maximum Gasteiger partial charge on any atom is 0.270 e. The molecule has 0 fully saturated rings. The number of carbonyl (C=O) groups is 1. The first-order valence-corrected chi connectivity index (χ1v) is 7.97. The van der Waals surface area contributed by atoms with Gasteiger partial charge in [0.25, 0.3) is 5.91 Å². The maximum atomic E-state index is 12.1. The van der Waals surface area contributed by atoms with E-state index >= 15 is 0 Å². The van der Waals surface area contributed by atoms with Crippen LogP contribution in [0.5, 0.6) is 0 Å². The van der Waals surface area contributed by atoms with Crippen LogP contribution >= 0.6 is 36.2 Å². The molecule has 0 aliphatic heterocycles. The number of nitrogens with two attached hydrogens (primary N) is 1. The van der Waals surface area contributed by atoms with Crippen molar-refractivity contribution in [1.82, 2.24) is 10.3 Å². The minimum atomic E-state index is -0.205. The average molecular weight is 376 g/mol. The highest BCUT2D eigenvalue weighted by Crippen LogP contribution is 2.14. The second kappa shape index (κ2) is 10.6. The second-order valence-electron chi connectivity index (χ2n) is 5.45. The van der Waals surface area contributed by atoms with Gasteiger partial charge in [0, 0.05) is 24.4 Å². The summed E-state index contributed by atoms with van der Waals surface area (Å²) in [5.74, 6) is 0.381. The van der Waals surface area contributed by atoms with Crippen molar-refractivity contribution in [3.05, 3.63) is 52.0 Å². The normalized spacial score (nSPS) is 11.3. The van der Waals surface area contributed by atoms with E-state index in [0.717, 1.165) is 17.0 Å². The molecule has 0 bridgehead atoms. The van der Waals surface area contributed by atoms with Crippen LogP contribution in [0.3, 0.4) is 0 Å². The van der Waals surface area contributed by atoms with Gasteiger partial charge >= 0.3 is 0 Å². The highest BCUT2D eigenvalue weighted by atomic mass is 35.5. The van der Waals surface area contributed by atoms with Gasteiger partial charge in [-0.25, -0.2) is 4.98 Å². The summed E-state index contributed by atoms with van der Waals surface area (Å²) >= 11 is 1.53. The summed E-state index contributed by atoms with van der Waals surface area (Å²) in [7, 11) is 0. The minimum Gasteiger partial charge on any atom is -0.349 e. The van der Waals surface area contributed by atoms with Gasteiger partial charge in [0.2, 0.25) is 0 Å². The lowest BCUT2D eigenvalue weighted by molar-refractivity contribution is 0.0946. The second-order valence-corrected chi connectivity index (χ2v) is 6.39. The highest BCUT2D eigenvalue weighted by Gasteiger charge is 2.13. The SMILES string of the molecule is CC(C)Cc1nc(C(=O)NCC(N)c2ccccc2)cs1.Cl.Cl. The lowest BCUT2D eigenvalue weighted by Crippen LogP contribution is -2.32. The molecule has 2 rings (SSSR count). The fourth-order valence-electron chi connectivity index (χ4n) is 1.97. The number of nitrogens with zero attached hydrogens (tertiary/aromatic N) is 1. The number of nitrogens with one attached hydrogen (secondary N) is 1. The lowest BCUT2D eigenvalue weighted by Gasteiger charge is -2.12. The molecule has 0 radical (unpaired) electrons. The minimum absolute atomic E-state index is 0. The molecule has 0 aliphatic rings. The number of hydrogen-bond donors (Lipinski definition) is 2. The Balaban J connectivity index is 0.00000242. The van der Waals surface area contributed by atoms with Crippen molar-refractivity contribution in [3.63, 3.8) is 0 Å². The van der Waals surface area contributed by atoms with Gasteiger partial charge in [-0.05, 0) is 11.5 Å². The van der Waals surface area contributed by atoms with Crippen molar-refractivity contribution in [3.8, 4) is 0 Å². The zero-order chi connectivity index (χ0) is 15.2. The van der Waals surface area contributed by atoms with Crippen LogP contribution in [0.1, 0.15) is 40.9 Å². The molecule has 1 amide bonds. The Kier molecular flexibility index (Phi) is 10.1. The summed E-state index contributed by atoms with van der Waals surface area (Å²) in [6, 6.07) is 9.54. The van der Waals surface area contributed by atoms with Crippen LogP contribution in [-0.2, 0) is 6.42 Å². The number of rotatable bonds is 6. The van der Waals surface area contributed by atoms with Crippen molar-refractivity contribution in [1.29, 1.82) is 0 Å². The molecule has 0 saturated heterocycles. The third kappa shape index (κ3) is 6.87. The van der Waals surface area contributed by atoms with Crippen LogP contribution in [0.2, 0.25) is 0 Å². The summed E-state index contributed by atoms with van der Waals surface area (Å²) in [6.45, 7) is 4.68. The van der Waals surface area contributed by atoms with Crippen LogP contribution in [0, 0.1) is 5.92 Å². The molecule has 128 valence electrons. The molecule has 1 heterocycles. The first-order valence-electron chi connectivity index (χ1n) is 7.09. The number of halogens is 2. The van der Waals surface area contributed by atoms with Gasteiger partial charge in [-0.3, -0.25) is 4.79 Å². The Morgan fingerprint density at radius 1 is 1.26 bits per heavy atom. The number of benzene rings is 1. The van der Waals surface area contributed by atoms with Crippen LogP contribution in [-0.4, -0.2) is 17.4 Å². The van der Waals surface area contributed by atoms with Gasteiger partial charge in [0.05, 0.1) is 5.01 Å². The number of carbonyl (C=O) groups excluding carboxylic acids is 1. The lowest BCUT2D eigenvalue weighted by atomic mass is 10.1. The molecule has 4 nitrogen and oxygen atoms in total. The van der Waals surface area contributed by atoms with Crippen molar-refractivity contribution < 1.29 is 4.79 Å². The van der Waals surface area contributed by atoms with E-state index in [1.54, 1.807) is 5.38 Å². The Morgan fingerprint density at radius 2 is 1.91 bits per heavy atom. The standard InChI is InChI=1S/C16H21N3OS.2ClH/c1-11(2)8-15-19-14(10-21-15)16(20)18-9-13(17)12-6-4-3-5-7-12;;/h3-7,10-11,13H,8-9,17H2,1-2H3,(H,18,20);2*1H. The highest BCUT2D eigenvalue weighted by molar-refractivity contribution is 7.09. The zero-order valence-electron chi connectivity index (χ0n) is 13.2. The predicted octanol–water partition coefficient (Wildman–Crippen LogP) is 3.62. The molecule has 1 aromatic heterocycles. The fourth-order valence-corrected chi connectivity index (χ4v) is 2.96. The number of amides is 1. The monoisotopic (exact) mass is 375 g/mol. The van der Waals surface area contributed by atoms with E-state index in [4.69, 9.17) is 5.73 Å². The quantitative estimate of drug-likeness (QED) is 0.809. The molecular formula is C16H23Cl2N3OS. The molecule has 0 saturated carbocycles. The van der Waals surface area contributed by atoms with Gasteiger partial charge in [0.15, 0.2) is 0 Å². The van der Waals surface area contributed by atoms with Gasteiger partial charge in [-0.15, -0.1) is 36.2 Å². The summed E-state index contributed by atoms with van der Waals surface area (Å²) in [6.07, 6.45) is 0.904. The third-order valence-electron chi connectivity index (χ3n) is 3.08. The summed E-state index contributed by atoms with van der Waals surface area (Å²) in [5, 5.41) is 5.65. The van der Waals surface area contributed by atoms with E-state index in [9.17, 15) is 4.79 Å². The summed E-state index contributed by atoms with van der Waals surface area (Å²) in [4.78, 5) is 16.4. The van der Waals surface area contributed by atoms with E-state index in [0.29, 0.717) is 18.2 Å². The van der Waals surface area contributed by atoms with Crippen LogP contribution in [0.15, 0.2) is 35.7 Å². The fraction of sp³-hybridized carbons (Fsp3) is 0.375. The summed E-state index contributed by atoms with van der Waals surface area (Å²) in [5.41, 5.74) is 7.55. The topological polar surface area (TPSA) is 68.0 Å². The molecule has 23 heavy (non-hydrogen) atoms. The average Bonchev–Trinajstić information content (AvgIpc) is 2.93. The number of aromatic nitrogens is 1. The molecule has 1 atom stereocenters. The van der Waals surface area contributed by atoms with Crippen molar-refractivity contribution >= 4 is 42.1 Å². The molecule has 2 aromatic rings. The predicted molar refractivity (Wildman–Crippen MR) is 101 cm³/mol. The van der Waals surface area contributed by atoms with Gasteiger partial charge in [-0.1, -0.05) is 44.2 Å². The third-order valence-corrected chi connectivity index (χ3v) is 3.95. The Bertz CT molecular complexity index is 590. The van der Waals surface area contributed by atoms with E-state index in [-0.39, 0.29) is 36.8 Å². The number of thiazole rings is 1. The molecule has 1 unspecified atom stereocenters. The van der Waals surface area contributed by atoms with Gasteiger partial charge in [0.1, 0.15) is 5.69 Å². The Hall–Kier alpha value is -1.14. The van der Waals surface area contributed by atoms with E-state index < -0.39 is 0 Å². The maximum absolute atomic E-state index is 12.1. The van der Waals surface area contributed by atoms with Crippen LogP contribution < -0.4 is 11.1 Å². The molecule has 0 spiro atoms. The van der Waals surface area contributed by atoms with E-state index in [1.165, 1.54) is 11.3 Å². The van der Waals surface area contributed by atoms with Crippen molar-refractivity contribution in [2.75, 3.05) is 6.54 Å². The largest absolute Gasteiger partial charge is 0.349 e. The van der Waals surface area contributed by atoms with Crippen LogP contribution in [0.25, 0.3) is 0 Å². The zero-order valence-corrected chi connectivity index (χ0v) is 15.6. The van der Waals surface area contributed by atoms with Crippen molar-refractivity contribution in [2.45, 2.75) is 26.3 Å². The molecule has 1 aromatic carbocycles. The van der Waals surface area contributed by atoms with Crippen molar-refractivity contribution in [2.24, 2.45) is 11.7 Å². The summed E-state index contributed by atoms with van der Waals surface area (Å²) < 4.78 is 0. The van der Waals surface area contributed by atoms with E-state index in [1.807, 2.05) is 30.3 Å². The molecule has 7 heteroatoms. The molecule has 0 aliphatic carbocycles. The Morgan fingerprint density at radius 3 is 2.52 bits per heavy atom. The number of hydrogen-bond acceptors (Lipinski definition) is 4. The van der Waals surface area contributed by atoms with E-state index in [2.05, 4.69) is 24.1 Å². The molecular weight excluding hydrogens is 353 g/mol. The first-order chi connectivity index (χ1) is 10.1. The first kappa shape index (κ1) is 21.9. The smallest absolute Gasteiger partial charge is 0.270 e. The van der Waals surface area contributed by atoms with Crippen LogP contribution in [0.4, 0.5) is 0 Å². The van der Waals surface area contributed by atoms with Gasteiger partial charge in [-0.2, -0.15) is 0 Å².